The number of rotatable bonds is 7. The highest BCUT2D eigenvalue weighted by Crippen LogP contribution is 2.20. The Morgan fingerprint density at radius 1 is 1.11 bits per heavy atom. The third-order valence-corrected chi connectivity index (χ3v) is 5.27. The number of hydrogen-bond donors (Lipinski definition) is 1. The first-order valence-electron chi connectivity index (χ1n) is 8.68. The molecule has 1 N–H and O–H groups in total. The van der Waals surface area contributed by atoms with E-state index in [0.29, 0.717) is 22.5 Å². The molecule has 0 aliphatic carbocycles. The summed E-state index contributed by atoms with van der Waals surface area (Å²) in [5.74, 6) is 1.02. The van der Waals surface area contributed by atoms with Gasteiger partial charge in [-0.1, -0.05) is 66.7 Å². The topological polar surface area (TPSA) is 61.9 Å². The van der Waals surface area contributed by atoms with Gasteiger partial charge >= 0.3 is 0 Å². The average molecular weight is 401 g/mol. The molecule has 1 heterocycles. The lowest BCUT2D eigenvalue weighted by Crippen LogP contribution is -2.27. The first-order chi connectivity index (χ1) is 13.0. The van der Waals surface area contributed by atoms with Crippen molar-refractivity contribution in [3.05, 3.63) is 64.7 Å². The second-order valence-corrected chi connectivity index (χ2v) is 7.56. The van der Waals surface area contributed by atoms with Gasteiger partial charge in [0.15, 0.2) is 5.82 Å². The molecule has 0 saturated carbocycles. The average Bonchev–Trinajstić information content (AvgIpc) is 3.17. The Labute approximate surface area is 168 Å². The lowest BCUT2D eigenvalue weighted by molar-refractivity contribution is -0.127. The van der Waals surface area contributed by atoms with Crippen LogP contribution in [0.5, 0.6) is 0 Å². The summed E-state index contributed by atoms with van der Waals surface area (Å²) in [6, 6.07) is 15.7. The van der Waals surface area contributed by atoms with E-state index >= 15 is 0 Å². The van der Waals surface area contributed by atoms with Crippen LogP contribution >= 0.6 is 23.4 Å². The number of aromatic amines is 1. The van der Waals surface area contributed by atoms with E-state index in [1.165, 1.54) is 17.3 Å². The van der Waals surface area contributed by atoms with Gasteiger partial charge in [0, 0.05) is 24.2 Å². The van der Waals surface area contributed by atoms with Crippen LogP contribution in [0.15, 0.2) is 53.7 Å². The van der Waals surface area contributed by atoms with Crippen LogP contribution in [-0.4, -0.2) is 38.8 Å². The van der Waals surface area contributed by atoms with Crippen molar-refractivity contribution >= 4 is 29.3 Å². The highest BCUT2D eigenvalue weighted by atomic mass is 35.5. The second-order valence-electron chi connectivity index (χ2n) is 6.18. The van der Waals surface area contributed by atoms with E-state index < -0.39 is 0 Å². The second kappa shape index (κ2) is 9.06. The summed E-state index contributed by atoms with van der Waals surface area (Å²) in [5.41, 5.74) is 3.30. The Hall–Kier alpha value is -2.31. The molecule has 5 nitrogen and oxygen atoms in total. The number of carbonyl (C=O) groups is 1. The van der Waals surface area contributed by atoms with Crippen molar-refractivity contribution in [3.63, 3.8) is 0 Å². The molecule has 140 valence electrons. The van der Waals surface area contributed by atoms with Crippen molar-refractivity contribution in [2.45, 2.75) is 25.0 Å². The maximum atomic E-state index is 12.3. The lowest BCUT2D eigenvalue weighted by Gasteiger charge is -2.16. The fraction of sp³-hybridized carbons (Fsp3) is 0.250. The summed E-state index contributed by atoms with van der Waals surface area (Å²) < 4.78 is 0. The molecule has 27 heavy (non-hydrogen) atoms. The highest BCUT2D eigenvalue weighted by molar-refractivity contribution is 7.99. The summed E-state index contributed by atoms with van der Waals surface area (Å²) in [6.45, 7) is 2.67. The lowest BCUT2D eigenvalue weighted by atomic mass is 10.1. The molecule has 2 aromatic carbocycles. The van der Waals surface area contributed by atoms with E-state index in [0.717, 1.165) is 17.5 Å². The Morgan fingerprint density at radius 3 is 2.44 bits per heavy atom. The van der Waals surface area contributed by atoms with Crippen LogP contribution in [0.25, 0.3) is 11.4 Å². The van der Waals surface area contributed by atoms with Gasteiger partial charge in [-0.2, -0.15) is 0 Å². The predicted molar refractivity (Wildman–Crippen MR) is 110 cm³/mol. The predicted octanol–water partition coefficient (Wildman–Crippen LogP) is 4.44. The minimum atomic E-state index is 0.0219. The SMILES string of the molecule is CCc1ccc(-c2nc(SCC(=O)N(C)Cc3ccc(Cl)cc3)n[nH]2)cc1. The normalized spacial score (nSPS) is 10.8. The molecule has 0 aliphatic heterocycles. The summed E-state index contributed by atoms with van der Waals surface area (Å²) in [4.78, 5) is 18.5. The third-order valence-electron chi connectivity index (χ3n) is 4.18. The molecule has 1 amide bonds. The molecule has 3 aromatic rings. The van der Waals surface area contributed by atoms with Crippen molar-refractivity contribution < 1.29 is 4.79 Å². The zero-order chi connectivity index (χ0) is 19.2. The fourth-order valence-corrected chi connectivity index (χ4v) is 3.39. The van der Waals surface area contributed by atoms with Crippen LogP contribution in [0.4, 0.5) is 0 Å². The van der Waals surface area contributed by atoms with Gasteiger partial charge in [-0.15, -0.1) is 5.10 Å². The highest BCUT2D eigenvalue weighted by Gasteiger charge is 2.13. The number of amides is 1. The molecule has 7 heteroatoms. The van der Waals surface area contributed by atoms with Gasteiger partial charge in [0.05, 0.1) is 5.75 Å². The number of nitrogens with one attached hydrogen (secondary N) is 1. The molecule has 0 radical (unpaired) electrons. The number of aryl methyl sites for hydroxylation is 1. The number of H-pyrrole nitrogens is 1. The molecular formula is C20H21ClN4OS. The molecule has 0 spiro atoms. The smallest absolute Gasteiger partial charge is 0.233 e. The fourth-order valence-electron chi connectivity index (χ4n) is 2.53. The molecule has 0 unspecified atom stereocenters. The molecule has 0 atom stereocenters. The number of thioether (sulfide) groups is 1. The molecule has 3 rings (SSSR count). The summed E-state index contributed by atoms with van der Waals surface area (Å²) in [7, 11) is 1.79. The van der Waals surface area contributed by atoms with E-state index in [1.54, 1.807) is 11.9 Å². The van der Waals surface area contributed by atoms with E-state index in [9.17, 15) is 4.79 Å². The summed E-state index contributed by atoms with van der Waals surface area (Å²) in [5, 5.41) is 8.40. The first-order valence-corrected chi connectivity index (χ1v) is 10.0. The van der Waals surface area contributed by atoms with Crippen LogP contribution in [0.1, 0.15) is 18.1 Å². The van der Waals surface area contributed by atoms with Crippen LogP contribution in [0.3, 0.4) is 0 Å². The van der Waals surface area contributed by atoms with E-state index in [-0.39, 0.29) is 11.7 Å². The van der Waals surface area contributed by atoms with E-state index in [4.69, 9.17) is 11.6 Å². The molecule has 0 saturated heterocycles. The minimum Gasteiger partial charge on any atom is -0.341 e. The minimum absolute atomic E-state index is 0.0219. The Kier molecular flexibility index (Phi) is 6.53. The van der Waals surface area contributed by atoms with Gasteiger partial charge in [0.2, 0.25) is 11.1 Å². The number of carbonyl (C=O) groups excluding carboxylic acids is 1. The van der Waals surface area contributed by atoms with Gasteiger partial charge in [-0.05, 0) is 29.7 Å². The number of aromatic nitrogens is 3. The van der Waals surface area contributed by atoms with Crippen molar-refractivity contribution in [2.75, 3.05) is 12.8 Å². The number of nitrogens with zero attached hydrogens (tertiary/aromatic N) is 3. The monoisotopic (exact) mass is 400 g/mol. The van der Waals surface area contributed by atoms with Crippen molar-refractivity contribution in [3.8, 4) is 11.4 Å². The van der Waals surface area contributed by atoms with Crippen molar-refractivity contribution in [1.29, 1.82) is 0 Å². The van der Waals surface area contributed by atoms with Gasteiger partial charge in [-0.25, -0.2) is 4.98 Å². The Morgan fingerprint density at radius 2 is 1.78 bits per heavy atom. The van der Waals surface area contributed by atoms with Crippen LogP contribution < -0.4 is 0 Å². The number of benzene rings is 2. The van der Waals surface area contributed by atoms with Crippen LogP contribution in [0.2, 0.25) is 5.02 Å². The Bertz CT molecular complexity index is 893. The summed E-state index contributed by atoms with van der Waals surface area (Å²) in [6.07, 6.45) is 1.00. The van der Waals surface area contributed by atoms with Gasteiger partial charge in [-0.3, -0.25) is 9.89 Å². The van der Waals surface area contributed by atoms with Gasteiger partial charge in [0.25, 0.3) is 0 Å². The maximum Gasteiger partial charge on any atom is 0.233 e. The number of halogens is 1. The Balaban J connectivity index is 1.54. The van der Waals surface area contributed by atoms with E-state index in [1.807, 2.05) is 36.4 Å². The quantitative estimate of drug-likeness (QED) is 0.595. The van der Waals surface area contributed by atoms with Crippen LogP contribution in [-0.2, 0) is 17.8 Å². The molecule has 1 aromatic heterocycles. The van der Waals surface area contributed by atoms with E-state index in [2.05, 4.69) is 34.2 Å². The molecule has 0 fully saturated rings. The molecule has 0 aliphatic rings. The standard InChI is InChI=1S/C20H21ClN4OS/c1-3-14-4-8-16(9-5-14)19-22-20(24-23-19)27-13-18(26)25(2)12-15-6-10-17(21)11-7-15/h4-11H,3,12-13H2,1-2H3,(H,22,23,24). The zero-order valence-electron chi connectivity index (χ0n) is 15.3. The zero-order valence-corrected chi connectivity index (χ0v) is 16.8. The maximum absolute atomic E-state index is 12.3. The first kappa shape index (κ1) is 19.5. The summed E-state index contributed by atoms with van der Waals surface area (Å²) >= 11 is 7.22. The number of hydrogen-bond acceptors (Lipinski definition) is 4. The van der Waals surface area contributed by atoms with Gasteiger partial charge in [0.1, 0.15) is 0 Å². The van der Waals surface area contributed by atoms with Crippen molar-refractivity contribution in [1.82, 2.24) is 20.1 Å². The van der Waals surface area contributed by atoms with Gasteiger partial charge < -0.3 is 4.90 Å². The van der Waals surface area contributed by atoms with Crippen molar-refractivity contribution in [2.24, 2.45) is 0 Å². The third kappa shape index (κ3) is 5.34. The molecular weight excluding hydrogens is 380 g/mol. The molecule has 0 bridgehead atoms. The largest absolute Gasteiger partial charge is 0.341 e. The van der Waals surface area contributed by atoms with Crippen LogP contribution in [0, 0.1) is 0 Å².